The zero-order chi connectivity index (χ0) is 13.4. The molecule has 0 unspecified atom stereocenters. The molecule has 1 N–H and O–H groups in total. The molecule has 1 aliphatic carbocycles. The van der Waals surface area contributed by atoms with Gasteiger partial charge in [-0.3, -0.25) is 4.79 Å². The van der Waals surface area contributed by atoms with E-state index in [1.54, 1.807) is 0 Å². The molecule has 0 heterocycles. The second-order valence-electron chi connectivity index (χ2n) is 5.38. The van der Waals surface area contributed by atoms with Crippen LogP contribution in [0.15, 0.2) is 0 Å². The lowest BCUT2D eigenvalue weighted by atomic mass is 10.1. The molecule has 0 bridgehead atoms. The summed E-state index contributed by atoms with van der Waals surface area (Å²) < 4.78 is 5.49. The molecule has 0 saturated heterocycles. The van der Waals surface area contributed by atoms with Gasteiger partial charge in [0.1, 0.15) is 0 Å². The highest BCUT2D eigenvalue weighted by atomic mass is 16.5. The number of carbonyl (C=O) groups is 1. The lowest BCUT2D eigenvalue weighted by Crippen LogP contribution is -2.40. The van der Waals surface area contributed by atoms with E-state index < -0.39 is 0 Å². The smallest absolute Gasteiger partial charge is 0.236 e. The Labute approximate surface area is 111 Å². The summed E-state index contributed by atoms with van der Waals surface area (Å²) in [4.78, 5) is 13.8. The summed E-state index contributed by atoms with van der Waals surface area (Å²) >= 11 is 0. The van der Waals surface area contributed by atoms with Crippen LogP contribution >= 0.6 is 0 Å². The van der Waals surface area contributed by atoms with Gasteiger partial charge in [0.15, 0.2) is 0 Å². The quantitative estimate of drug-likeness (QED) is 0.604. The molecule has 0 aromatic carbocycles. The van der Waals surface area contributed by atoms with Crippen molar-refractivity contribution in [3.63, 3.8) is 0 Å². The van der Waals surface area contributed by atoms with E-state index in [1.165, 1.54) is 12.8 Å². The number of amides is 1. The minimum absolute atomic E-state index is 0.224. The van der Waals surface area contributed by atoms with Crippen LogP contribution in [0.2, 0.25) is 0 Å². The van der Waals surface area contributed by atoms with Crippen LogP contribution in [0.1, 0.15) is 40.0 Å². The third-order valence-corrected chi connectivity index (χ3v) is 3.19. The van der Waals surface area contributed by atoms with Crippen molar-refractivity contribution in [3.8, 4) is 0 Å². The first-order valence-electron chi connectivity index (χ1n) is 7.23. The molecule has 1 aliphatic rings. The largest absolute Gasteiger partial charge is 0.380 e. The lowest BCUT2D eigenvalue weighted by Gasteiger charge is -2.20. The van der Waals surface area contributed by atoms with Crippen LogP contribution < -0.4 is 5.32 Å². The van der Waals surface area contributed by atoms with Crippen LogP contribution in [0, 0.1) is 5.92 Å². The summed E-state index contributed by atoms with van der Waals surface area (Å²) in [6, 6.07) is 0.520. The minimum atomic E-state index is 0.224. The van der Waals surface area contributed by atoms with Crippen molar-refractivity contribution in [2.24, 2.45) is 5.92 Å². The van der Waals surface area contributed by atoms with Crippen molar-refractivity contribution >= 4 is 5.91 Å². The second-order valence-corrected chi connectivity index (χ2v) is 5.38. The summed E-state index contributed by atoms with van der Waals surface area (Å²) in [6.07, 6.45) is 3.46. The molecule has 0 atom stereocenters. The molecule has 0 radical (unpaired) electrons. The third-order valence-electron chi connectivity index (χ3n) is 3.19. The van der Waals surface area contributed by atoms with E-state index in [9.17, 15) is 4.79 Å². The van der Waals surface area contributed by atoms with E-state index in [2.05, 4.69) is 19.2 Å². The Bertz CT molecular complexity index is 240. The third kappa shape index (κ3) is 6.36. The monoisotopic (exact) mass is 256 g/mol. The highest BCUT2D eigenvalue weighted by Crippen LogP contribution is 2.26. The molecule has 0 spiro atoms. The van der Waals surface area contributed by atoms with Gasteiger partial charge >= 0.3 is 0 Å². The first kappa shape index (κ1) is 15.4. The maximum absolute atomic E-state index is 11.9. The average molecular weight is 256 g/mol. The van der Waals surface area contributed by atoms with Crippen LogP contribution in [0.3, 0.4) is 0 Å². The van der Waals surface area contributed by atoms with Gasteiger partial charge in [0, 0.05) is 25.7 Å². The second kappa shape index (κ2) is 8.48. The lowest BCUT2D eigenvalue weighted by molar-refractivity contribution is -0.130. The number of ether oxygens (including phenoxy) is 1. The number of rotatable bonds is 10. The number of carbonyl (C=O) groups excluding carboxylic acids is 1. The number of nitrogens with one attached hydrogen (secondary N) is 1. The van der Waals surface area contributed by atoms with Gasteiger partial charge < -0.3 is 15.0 Å². The fourth-order valence-electron chi connectivity index (χ4n) is 1.89. The molecule has 4 heteroatoms. The van der Waals surface area contributed by atoms with E-state index in [-0.39, 0.29) is 5.91 Å². The maximum Gasteiger partial charge on any atom is 0.236 e. The van der Waals surface area contributed by atoms with Crippen LogP contribution in [-0.2, 0) is 9.53 Å². The highest BCUT2D eigenvalue weighted by Gasteiger charge is 2.30. The average Bonchev–Trinajstić information content (AvgIpc) is 3.13. The SMILES string of the molecule is CCN(C(=O)CNCCOCCC(C)C)C1CC1. The molecule has 0 aromatic heterocycles. The summed E-state index contributed by atoms with van der Waals surface area (Å²) in [5.41, 5.74) is 0. The first-order valence-corrected chi connectivity index (χ1v) is 7.23. The summed E-state index contributed by atoms with van der Waals surface area (Å²) in [5, 5.41) is 3.15. The Morgan fingerprint density at radius 2 is 2.11 bits per heavy atom. The number of hydrogen-bond acceptors (Lipinski definition) is 3. The molecule has 106 valence electrons. The van der Waals surface area contributed by atoms with Crippen LogP contribution in [0.25, 0.3) is 0 Å². The molecule has 1 amide bonds. The summed E-state index contributed by atoms with van der Waals surface area (Å²) in [6.45, 7) is 9.96. The van der Waals surface area contributed by atoms with Gasteiger partial charge in [-0.2, -0.15) is 0 Å². The summed E-state index contributed by atoms with van der Waals surface area (Å²) in [5.74, 6) is 0.915. The van der Waals surface area contributed by atoms with Gasteiger partial charge in [-0.15, -0.1) is 0 Å². The molecule has 4 nitrogen and oxygen atoms in total. The molecule has 1 fully saturated rings. The molecule has 0 aromatic rings. The first-order chi connectivity index (χ1) is 8.65. The molecular formula is C14H28N2O2. The van der Waals surface area contributed by atoms with Crippen molar-refractivity contribution in [2.45, 2.75) is 46.1 Å². The van der Waals surface area contributed by atoms with Gasteiger partial charge in [-0.05, 0) is 32.1 Å². The Kier molecular flexibility index (Phi) is 7.28. The van der Waals surface area contributed by atoms with Crippen LogP contribution in [0.5, 0.6) is 0 Å². The number of hydrogen-bond donors (Lipinski definition) is 1. The van der Waals surface area contributed by atoms with Crippen LogP contribution in [0.4, 0.5) is 0 Å². The molecule has 18 heavy (non-hydrogen) atoms. The Morgan fingerprint density at radius 1 is 1.39 bits per heavy atom. The van der Waals surface area contributed by atoms with Gasteiger partial charge in [0.25, 0.3) is 0 Å². The molecule has 1 saturated carbocycles. The van der Waals surface area contributed by atoms with E-state index in [4.69, 9.17) is 4.74 Å². The van der Waals surface area contributed by atoms with E-state index >= 15 is 0 Å². The zero-order valence-corrected chi connectivity index (χ0v) is 12.1. The van der Waals surface area contributed by atoms with E-state index in [0.29, 0.717) is 25.1 Å². The van der Waals surface area contributed by atoms with Crippen molar-refractivity contribution in [1.29, 1.82) is 0 Å². The molecule has 1 rings (SSSR count). The highest BCUT2D eigenvalue weighted by molar-refractivity contribution is 5.78. The number of nitrogens with zero attached hydrogens (tertiary/aromatic N) is 1. The molecule has 0 aliphatic heterocycles. The van der Waals surface area contributed by atoms with Crippen molar-refractivity contribution in [3.05, 3.63) is 0 Å². The topological polar surface area (TPSA) is 41.6 Å². The maximum atomic E-state index is 11.9. The Hall–Kier alpha value is -0.610. The fourth-order valence-corrected chi connectivity index (χ4v) is 1.89. The van der Waals surface area contributed by atoms with Crippen molar-refractivity contribution < 1.29 is 9.53 Å². The standard InChI is InChI=1S/C14H28N2O2/c1-4-16(13-5-6-13)14(17)11-15-8-10-18-9-7-12(2)3/h12-13,15H,4-11H2,1-3H3. The van der Waals surface area contributed by atoms with Crippen LogP contribution in [-0.4, -0.2) is 49.7 Å². The number of likely N-dealkylation sites (N-methyl/N-ethyl adjacent to an activating group) is 1. The summed E-state index contributed by atoms with van der Waals surface area (Å²) in [7, 11) is 0. The fraction of sp³-hybridized carbons (Fsp3) is 0.929. The van der Waals surface area contributed by atoms with Gasteiger partial charge in [-0.25, -0.2) is 0 Å². The van der Waals surface area contributed by atoms with E-state index in [1.807, 2.05) is 11.8 Å². The normalized spacial score (nSPS) is 15.1. The predicted octanol–water partition coefficient (Wildman–Crippen LogP) is 1.65. The predicted molar refractivity (Wildman–Crippen MR) is 73.6 cm³/mol. The van der Waals surface area contributed by atoms with Crippen molar-refractivity contribution in [1.82, 2.24) is 10.2 Å². The van der Waals surface area contributed by atoms with Crippen molar-refractivity contribution in [2.75, 3.05) is 32.8 Å². The van der Waals surface area contributed by atoms with E-state index in [0.717, 1.165) is 26.1 Å². The van der Waals surface area contributed by atoms with Gasteiger partial charge in [0.05, 0.1) is 13.2 Å². The zero-order valence-electron chi connectivity index (χ0n) is 12.1. The Morgan fingerprint density at radius 3 is 2.67 bits per heavy atom. The van der Waals surface area contributed by atoms with Gasteiger partial charge in [-0.1, -0.05) is 13.8 Å². The molecular weight excluding hydrogens is 228 g/mol. The minimum Gasteiger partial charge on any atom is -0.380 e. The Balaban J connectivity index is 1.95. The van der Waals surface area contributed by atoms with Gasteiger partial charge in [0.2, 0.25) is 5.91 Å².